The number of benzene rings is 5. The second-order valence-corrected chi connectivity index (χ2v) is 8.66. The first-order valence-corrected chi connectivity index (χ1v) is 12.1. The Balaban J connectivity index is 1.45. The third-order valence-electron chi connectivity index (χ3n) is 6.55. The van der Waals surface area contributed by atoms with Crippen molar-refractivity contribution in [2.24, 2.45) is 0 Å². The minimum atomic E-state index is 0.483. The molecule has 0 aliphatic carbocycles. The average molecular weight is 479 g/mol. The molecule has 0 spiro atoms. The SMILES string of the molecule is COc1ccccc1COCc1c2ccccc2c(COCc2ccccc2OC)c2ccccc12. The molecule has 0 amide bonds. The molecule has 0 bridgehead atoms. The molecule has 0 fully saturated rings. The van der Waals surface area contributed by atoms with E-state index in [0.29, 0.717) is 26.4 Å². The number of rotatable bonds is 10. The van der Waals surface area contributed by atoms with Crippen molar-refractivity contribution >= 4 is 21.5 Å². The molecule has 0 N–H and O–H groups in total. The lowest BCUT2D eigenvalue weighted by Crippen LogP contribution is -2.02. The van der Waals surface area contributed by atoms with E-state index in [1.54, 1.807) is 14.2 Å². The summed E-state index contributed by atoms with van der Waals surface area (Å²) in [5, 5.41) is 4.75. The summed E-state index contributed by atoms with van der Waals surface area (Å²) >= 11 is 0. The van der Waals surface area contributed by atoms with Crippen LogP contribution in [0.25, 0.3) is 21.5 Å². The molecule has 0 atom stereocenters. The fourth-order valence-corrected chi connectivity index (χ4v) is 4.79. The van der Waals surface area contributed by atoms with E-state index in [0.717, 1.165) is 22.6 Å². The summed E-state index contributed by atoms with van der Waals surface area (Å²) in [7, 11) is 3.38. The Morgan fingerprint density at radius 3 is 1.11 bits per heavy atom. The van der Waals surface area contributed by atoms with E-state index in [4.69, 9.17) is 18.9 Å². The van der Waals surface area contributed by atoms with Crippen LogP contribution in [0.2, 0.25) is 0 Å². The summed E-state index contributed by atoms with van der Waals surface area (Å²) in [5.74, 6) is 1.68. The second kappa shape index (κ2) is 11.3. The van der Waals surface area contributed by atoms with Crippen LogP contribution in [-0.4, -0.2) is 14.2 Å². The van der Waals surface area contributed by atoms with Crippen molar-refractivity contribution in [3.63, 3.8) is 0 Å². The van der Waals surface area contributed by atoms with E-state index in [9.17, 15) is 0 Å². The van der Waals surface area contributed by atoms with Gasteiger partial charge in [0.2, 0.25) is 0 Å². The Labute approximate surface area is 212 Å². The van der Waals surface area contributed by atoms with Gasteiger partial charge >= 0.3 is 0 Å². The first-order valence-electron chi connectivity index (χ1n) is 12.1. The number of para-hydroxylation sites is 2. The zero-order valence-corrected chi connectivity index (χ0v) is 20.7. The van der Waals surface area contributed by atoms with E-state index in [1.165, 1.54) is 32.7 Å². The predicted molar refractivity (Wildman–Crippen MR) is 144 cm³/mol. The Bertz CT molecular complexity index is 1310. The van der Waals surface area contributed by atoms with Crippen LogP contribution in [0.1, 0.15) is 22.3 Å². The average Bonchev–Trinajstić information content (AvgIpc) is 2.94. The van der Waals surface area contributed by atoms with Gasteiger partial charge in [0.25, 0.3) is 0 Å². The lowest BCUT2D eigenvalue weighted by molar-refractivity contribution is 0.106. The monoisotopic (exact) mass is 478 g/mol. The van der Waals surface area contributed by atoms with Gasteiger partial charge in [-0.25, -0.2) is 0 Å². The number of hydrogen-bond donors (Lipinski definition) is 0. The van der Waals surface area contributed by atoms with Gasteiger partial charge in [0.15, 0.2) is 0 Å². The van der Waals surface area contributed by atoms with E-state index in [1.807, 2.05) is 48.5 Å². The van der Waals surface area contributed by atoms with E-state index in [2.05, 4.69) is 48.5 Å². The van der Waals surface area contributed by atoms with Gasteiger partial charge in [0.05, 0.1) is 40.6 Å². The predicted octanol–water partition coefficient (Wildman–Crippen LogP) is 7.44. The van der Waals surface area contributed by atoms with E-state index in [-0.39, 0.29) is 0 Å². The highest BCUT2D eigenvalue weighted by molar-refractivity contribution is 6.05. The zero-order chi connectivity index (χ0) is 24.7. The first kappa shape index (κ1) is 23.9. The second-order valence-electron chi connectivity index (χ2n) is 8.66. The van der Waals surface area contributed by atoms with E-state index < -0.39 is 0 Å². The van der Waals surface area contributed by atoms with Crippen LogP contribution in [0.5, 0.6) is 11.5 Å². The molecule has 5 aromatic rings. The van der Waals surface area contributed by atoms with Crippen molar-refractivity contribution in [1.29, 1.82) is 0 Å². The quantitative estimate of drug-likeness (QED) is 0.195. The standard InChI is InChI=1S/C32H30O4/c1-33-31-17-9-3-11-23(31)19-35-21-29-25-13-5-7-15-27(25)30(28-16-8-6-14-26(28)29)22-36-20-24-12-4-10-18-32(24)34-2/h3-18H,19-22H2,1-2H3. The molecular weight excluding hydrogens is 448 g/mol. The Hall–Kier alpha value is -3.86. The highest BCUT2D eigenvalue weighted by Crippen LogP contribution is 2.34. The molecule has 0 saturated carbocycles. The van der Waals surface area contributed by atoms with Crippen LogP contribution in [0, 0.1) is 0 Å². The number of ether oxygens (including phenoxy) is 4. The highest BCUT2D eigenvalue weighted by Gasteiger charge is 2.15. The van der Waals surface area contributed by atoms with Crippen molar-refractivity contribution in [1.82, 2.24) is 0 Å². The van der Waals surface area contributed by atoms with Gasteiger partial charge in [0.1, 0.15) is 11.5 Å². The molecule has 0 radical (unpaired) electrons. The summed E-state index contributed by atoms with van der Waals surface area (Å²) in [6, 6.07) is 33.0. The Morgan fingerprint density at radius 1 is 0.417 bits per heavy atom. The number of fused-ring (bicyclic) bond motifs is 2. The van der Waals surface area contributed by atoms with Crippen molar-refractivity contribution in [2.45, 2.75) is 26.4 Å². The topological polar surface area (TPSA) is 36.9 Å². The molecule has 4 heteroatoms. The lowest BCUT2D eigenvalue weighted by atomic mass is 9.92. The summed E-state index contributed by atoms with van der Waals surface area (Å²) < 4.78 is 23.5. The van der Waals surface area contributed by atoms with Crippen molar-refractivity contribution in [3.8, 4) is 11.5 Å². The fourth-order valence-electron chi connectivity index (χ4n) is 4.79. The Kier molecular flexibility index (Phi) is 7.46. The van der Waals surface area contributed by atoms with Crippen molar-refractivity contribution < 1.29 is 18.9 Å². The molecule has 5 rings (SSSR count). The maximum Gasteiger partial charge on any atom is 0.124 e. The third kappa shape index (κ3) is 4.92. The molecule has 0 unspecified atom stereocenters. The van der Waals surface area contributed by atoms with E-state index >= 15 is 0 Å². The lowest BCUT2D eigenvalue weighted by Gasteiger charge is -2.18. The van der Waals surface area contributed by atoms with Crippen molar-refractivity contribution in [2.75, 3.05) is 14.2 Å². The van der Waals surface area contributed by atoms with Crippen LogP contribution in [-0.2, 0) is 35.9 Å². The number of methoxy groups -OCH3 is 2. The molecule has 0 saturated heterocycles. The molecule has 0 aliphatic heterocycles. The molecule has 4 nitrogen and oxygen atoms in total. The summed E-state index contributed by atoms with van der Waals surface area (Å²) in [6.45, 7) is 1.97. The minimum absolute atomic E-state index is 0.483. The molecule has 36 heavy (non-hydrogen) atoms. The van der Waals surface area contributed by atoms with Crippen LogP contribution in [0.3, 0.4) is 0 Å². The fraction of sp³-hybridized carbons (Fsp3) is 0.188. The third-order valence-corrected chi connectivity index (χ3v) is 6.55. The van der Waals surface area contributed by atoms with Crippen LogP contribution in [0.15, 0.2) is 97.1 Å². The van der Waals surface area contributed by atoms with Gasteiger partial charge < -0.3 is 18.9 Å². The molecule has 0 aliphatic rings. The van der Waals surface area contributed by atoms with Gasteiger partial charge in [0, 0.05) is 11.1 Å². The highest BCUT2D eigenvalue weighted by atomic mass is 16.5. The van der Waals surface area contributed by atoms with Crippen LogP contribution >= 0.6 is 0 Å². The van der Waals surface area contributed by atoms with Gasteiger partial charge in [-0.1, -0.05) is 84.9 Å². The normalized spacial score (nSPS) is 11.2. The maximum absolute atomic E-state index is 6.24. The molecule has 0 heterocycles. The largest absolute Gasteiger partial charge is 0.496 e. The van der Waals surface area contributed by atoms with Crippen LogP contribution in [0.4, 0.5) is 0 Å². The first-order chi connectivity index (χ1) is 17.8. The number of hydrogen-bond acceptors (Lipinski definition) is 4. The van der Waals surface area contributed by atoms with Gasteiger partial charge in [-0.05, 0) is 44.8 Å². The van der Waals surface area contributed by atoms with Gasteiger partial charge in [-0.15, -0.1) is 0 Å². The summed E-state index contributed by atoms with van der Waals surface area (Å²) in [5.41, 5.74) is 4.44. The maximum atomic E-state index is 6.24. The summed E-state index contributed by atoms with van der Waals surface area (Å²) in [4.78, 5) is 0. The van der Waals surface area contributed by atoms with Crippen LogP contribution < -0.4 is 9.47 Å². The molecular formula is C32H30O4. The van der Waals surface area contributed by atoms with Gasteiger partial charge in [-0.3, -0.25) is 0 Å². The molecule has 182 valence electrons. The molecule has 0 aromatic heterocycles. The smallest absolute Gasteiger partial charge is 0.124 e. The zero-order valence-electron chi connectivity index (χ0n) is 20.7. The molecule has 5 aromatic carbocycles. The summed E-state index contributed by atoms with van der Waals surface area (Å²) in [6.07, 6.45) is 0. The Morgan fingerprint density at radius 2 is 0.750 bits per heavy atom. The van der Waals surface area contributed by atoms with Crippen molar-refractivity contribution in [3.05, 3.63) is 119 Å². The van der Waals surface area contributed by atoms with Gasteiger partial charge in [-0.2, -0.15) is 0 Å². The minimum Gasteiger partial charge on any atom is -0.496 e.